The van der Waals surface area contributed by atoms with E-state index in [9.17, 15) is 18.0 Å². The van der Waals surface area contributed by atoms with Gasteiger partial charge in [-0.3, -0.25) is 13.9 Å². The van der Waals surface area contributed by atoms with Crippen molar-refractivity contribution in [3.05, 3.63) is 82.3 Å². The van der Waals surface area contributed by atoms with E-state index in [1.165, 1.54) is 49.5 Å². The number of hydrogen-bond acceptors (Lipinski definition) is 6. The molecule has 220 valence electrons. The number of amides is 2. The number of methoxy groups -OCH3 is 2. The zero-order valence-corrected chi connectivity index (χ0v) is 25.6. The third kappa shape index (κ3) is 7.84. The molecule has 0 spiro atoms. The topological polar surface area (TPSA) is 105 Å². The van der Waals surface area contributed by atoms with E-state index >= 15 is 0 Å². The second-order valence-corrected chi connectivity index (χ2v) is 11.8. The molecular weight excluding hydrogens is 589 g/mol. The lowest BCUT2D eigenvalue weighted by Crippen LogP contribution is -2.51. The minimum Gasteiger partial charge on any atom is -0.497 e. The summed E-state index contributed by atoms with van der Waals surface area (Å²) in [6.45, 7) is 3.24. The summed E-state index contributed by atoms with van der Waals surface area (Å²) in [6.07, 6.45) is 0.705. The highest BCUT2D eigenvalue weighted by atomic mass is 35.5. The number of sulfonamides is 1. The van der Waals surface area contributed by atoms with Gasteiger partial charge in [-0.1, -0.05) is 48.3 Å². The number of nitrogens with zero attached hydrogens (tertiary/aromatic N) is 2. The van der Waals surface area contributed by atoms with Crippen molar-refractivity contribution in [2.45, 2.75) is 37.8 Å². The van der Waals surface area contributed by atoms with E-state index in [1.54, 1.807) is 43.3 Å². The second-order valence-electron chi connectivity index (χ2n) is 9.08. The van der Waals surface area contributed by atoms with Crippen LogP contribution in [-0.2, 0) is 26.2 Å². The number of benzene rings is 3. The Morgan fingerprint density at radius 2 is 1.66 bits per heavy atom. The SMILES string of the molecule is CCCNC(=O)[C@H](C)N(Cc1ccc(Cl)cc1Cl)C(=O)CN(c1ccccc1OC)S(=O)(=O)c1ccc(OC)cc1. The molecule has 0 aliphatic rings. The molecule has 0 fully saturated rings. The van der Waals surface area contributed by atoms with Crippen LogP contribution >= 0.6 is 23.2 Å². The lowest BCUT2D eigenvalue weighted by molar-refractivity contribution is -0.139. The maximum absolute atomic E-state index is 14.0. The van der Waals surface area contributed by atoms with E-state index in [1.807, 2.05) is 6.92 Å². The number of ether oxygens (including phenoxy) is 2. The van der Waals surface area contributed by atoms with Crippen LogP contribution in [0.3, 0.4) is 0 Å². The van der Waals surface area contributed by atoms with Crippen molar-refractivity contribution in [3.63, 3.8) is 0 Å². The Hall–Kier alpha value is -3.47. The van der Waals surface area contributed by atoms with Gasteiger partial charge in [0.2, 0.25) is 11.8 Å². The average molecular weight is 623 g/mol. The number of anilines is 1. The zero-order chi connectivity index (χ0) is 30.2. The maximum atomic E-state index is 14.0. The highest BCUT2D eigenvalue weighted by molar-refractivity contribution is 7.92. The third-order valence-corrected chi connectivity index (χ3v) is 8.71. The van der Waals surface area contributed by atoms with Crippen LogP contribution < -0.4 is 19.1 Å². The van der Waals surface area contributed by atoms with E-state index in [-0.39, 0.29) is 28.8 Å². The summed E-state index contributed by atoms with van der Waals surface area (Å²) in [7, 11) is -1.40. The fraction of sp³-hybridized carbons (Fsp3) is 0.310. The Morgan fingerprint density at radius 1 is 0.976 bits per heavy atom. The van der Waals surface area contributed by atoms with Gasteiger partial charge in [0.1, 0.15) is 24.1 Å². The van der Waals surface area contributed by atoms with E-state index in [0.717, 1.165) is 4.31 Å². The standard InChI is InChI=1S/C29H33Cl2N3O6S/c1-5-16-32-29(36)20(2)33(18-21-10-11-22(30)17-25(21)31)28(35)19-34(26-8-6-7-9-27(26)40-4)41(37,38)24-14-12-23(39-3)13-15-24/h6-15,17,20H,5,16,18-19H2,1-4H3,(H,32,36)/t20-/m0/s1. The van der Waals surface area contributed by atoms with Crippen LogP contribution in [0, 0.1) is 0 Å². The summed E-state index contributed by atoms with van der Waals surface area (Å²) in [5.74, 6) is -0.287. The molecule has 0 heterocycles. The van der Waals surface area contributed by atoms with Crippen LogP contribution in [-0.4, -0.2) is 58.5 Å². The average Bonchev–Trinajstić information content (AvgIpc) is 2.97. The van der Waals surface area contributed by atoms with Gasteiger partial charge >= 0.3 is 0 Å². The molecular formula is C29H33Cl2N3O6S. The number of nitrogens with one attached hydrogen (secondary N) is 1. The van der Waals surface area contributed by atoms with E-state index < -0.39 is 28.5 Å². The minimum atomic E-state index is -4.28. The first-order chi connectivity index (χ1) is 19.5. The number of halogens is 2. The Morgan fingerprint density at radius 3 is 2.27 bits per heavy atom. The van der Waals surface area contributed by atoms with Crippen molar-refractivity contribution < 1.29 is 27.5 Å². The van der Waals surface area contributed by atoms with Gasteiger partial charge in [0.05, 0.1) is 24.8 Å². The summed E-state index contributed by atoms with van der Waals surface area (Å²) in [4.78, 5) is 28.2. The highest BCUT2D eigenvalue weighted by Crippen LogP contribution is 2.33. The Balaban J connectivity index is 2.08. The molecule has 3 rings (SSSR count). The van der Waals surface area contributed by atoms with Crippen molar-refractivity contribution >= 4 is 50.7 Å². The van der Waals surface area contributed by atoms with Gasteiger partial charge in [0.25, 0.3) is 10.0 Å². The van der Waals surface area contributed by atoms with E-state index in [0.29, 0.717) is 34.3 Å². The zero-order valence-electron chi connectivity index (χ0n) is 23.3. The summed E-state index contributed by atoms with van der Waals surface area (Å²) in [6, 6.07) is 16.2. The molecule has 0 aromatic heterocycles. The number of hydrogen-bond donors (Lipinski definition) is 1. The molecule has 1 N–H and O–H groups in total. The third-order valence-electron chi connectivity index (χ3n) is 6.35. The molecule has 2 amide bonds. The maximum Gasteiger partial charge on any atom is 0.264 e. The number of rotatable bonds is 13. The first kappa shape index (κ1) is 32.0. The first-order valence-electron chi connectivity index (χ1n) is 12.8. The first-order valence-corrected chi connectivity index (χ1v) is 15.0. The molecule has 1 atom stereocenters. The van der Waals surface area contributed by atoms with Crippen LogP contribution in [0.2, 0.25) is 10.0 Å². The molecule has 0 radical (unpaired) electrons. The fourth-order valence-corrected chi connectivity index (χ4v) is 5.93. The predicted molar refractivity (Wildman–Crippen MR) is 160 cm³/mol. The number of carbonyl (C=O) groups excluding carboxylic acids is 2. The van der Waals surface area contributed by atoms with Crippen molar-refractivity contribution in [3.8, 4) is 11.5 Å². The Labute approximate surface area is 251 Å². The molecule has 12 heteroatoms. The molecule has 0 unspecified atom stereocenters. The summed E-state index contributed by atoms with van der Waals surface area (Å²) in [5.41, 5.74) is 0.702. The highest BCUT2D eigenvalue weighted by Gasteiger charge is 2.34. The van der Waals surface area contributed by atoms with Gasteiger partial charge in [0.15, 0.2) is 0 Å². The molecule has 0 saturated heterocycles. The minimum absolute atomic E-state index is 0.0574. The van der Waals surface area contributed by atoms with Gasteiger partial charge in [-0.05, 0) is 67.4 Å². The summed E-state index contributed by atoms with van der Waals surface area (Å²) >= 11 is 12.5. The molecule has 3 aromatic rings. The number of para-hydroxylation sites is 2. The van der Waals surface area contributed by atoms with Gasteiger partial charge in [0, 0.05) is 23.1 Å². The largest absolute Gasteiger partial charge is 0.497 e. The lowest BCUT2D eigenvalue weighted by Gasteiger charge is -2.32. The molecule has 41 heavy (non-hydrogen) atoms. The molecule has 0 aliphatic heterocycles. The molecule has 0 saturated carbocycles. The van der Waals surface area contributed by atoms with Gasteiger partial charge in [-0.15, -0.1) is 0 Å². The normalized spacial score (nSPS) is 11.9. The molecule has 0 bridgehead atoms. The Kier molecular flexibility index (Phi) is 11.3. The van der Waals surface area contributed by atoms with Crippen molar-refractivity contribution in [1.29, 1.82) is 0 Å². The van der Waals surface area contributed by atoms with Gasteiger partial charge < -0.3 is 19.7 Å². The van der Waals surface area contributed by atoms with Crippen LogP contribution in [0.15, 0.2) is 71.6 Å². The smallest absolute Gasteiger partial charge is 0.264 e. The Bertz CT molecular complexity index is 1470. The van der Waals surface area contributed by atoms with Crippen LogP contribution in [0.25, 0.3) is 0 Å². The van der Waals surface area contributed by atoms with Gasteiger partial charge in [-0.25, -0.2) is 8.42 Å². The second kappa shape index (κ2) is 14.4. The van der Waals surface area contributed by atoms with E-state index in [2.05, 4.69) is 5.32 Å². The quantitative estimate of drug-likeness (QED) is 0.283. The van der Waals surface area contributed by atoms with Crippen molar-refractivity contribution in [1.82, 2.24) is 10.2 Å². The fourth-order valence-electron chi connectivity index (χ4n) is 4.04. The number of carbonyl (C=O) groups is 2. The molecule has 3 aromatic carbocycles. The van der Waals surface area contributed by atoms with Crippen LogP contribution in [0.4, 0.5) is 5.69 Å². The molecule has 9 nitrogen and oxygen atoms in total. The van der Waals surface area contributed by atoms with Crippen LogP contribution in [0.1, 0.15) is 25.8 Å². The monoisotopic (exact) mass is 621 g/mol. The van der Waals surface area contributed by atoms with Crippen molar-refractivity contribution in [2.24, 2.45) is 0 Å². The lowest BCUT2D eigenvalue weighted by atomic mass is 10.1. The van der Waals surface area contributed by atoms with Crippen molar-refractivity contribution in [2.75, 3.05) is 31.6 Å². The van der Waals surface area contributed by atoms with Crippen LogP contribution in [0.5, 0.6) is 11.5 Å². The molecule has 0 aliphatic carbocycles. The summed E-state index contributed by atoms with van der Waals surface area (Å²) in [5, 5.41) is 3.52. The van der Waals surface area contributed by atoms with E-state index in [4.69, 9.17) is 32.7 Å². The summed E-state index contributed by atoms with van der Waals surface area (Å²) < 4.78 is 39.6. The van der Waals surface area contributed by atoms with Gasteiger partial charge in [-0.2, -0.15) is 0 Å². The predicted octanol–water partition coefficient (Wildman–Crippen LogP) is 5.15.